The van der Waals surface area contributed by atoms with Crippen molar-refractivity contribution in [2.45, 2.75) is 13.8 Å². The van der Waals surface area contributed by atoms with Gasteiger partial charge in [0.2, 0.25) is 0 Å². The number of carbonyl (C=O) groups is 1. The highest BCUT2D eigenvalue weighted by Crippen LogP contribution is 2.17. The van der Waals surface area contributed by atoms with Gasteiger partial charge in [0, 0.05) is 15.6 Å². The zero-order chi connectivity index (χ0) is 15.4. The van der Waals surface area contributed by atoms with Crippen LogP contribution in [-0.2, 0) is 0 Å². The van der Waals surface area contributed by atoms with Gasteiger partial charge in [-0.25, -0.2) is 5.43 Å². The molecule has 4 nitrogen and oxygen atoms in total. The van der Waals surface area contributed by atoms with Gasteiger partial charge in [-0.2, -0.15) is 5.10 Å². The smallest absolute Gasteiger partial charge is 0.271 e. The number of aryl methyl sites for hydroxylation is 1. The van der Waals surface area contributed by atoms with Gasteiger partial charge in [0.05, 0.1) is 5.71 Å². The standard InChI is InChI=1S/C16H15BrN2O2/c1-10-6-7-13(9-15(10)17)16(21)19-18-11(2)12-4-3-5-14(20)8-12/h3-9,20H,1-2H3,(H,19,21)/b18-11-. The van der Waals surface area contributed by atoms with E-state index < -0.39 is 0 Å². The molecule has 0 saturated heterocycles. The molecule has 5 heteroatoms. The molecule has 0 aliphatic rings. The molecule has 0 spiro atoms. The summed E-state index contributed by atoms with van der Waals surface area (Å²) in [6.07, 6.45) is 0. The second-order valence-corrected chi connectivity index (χ2v) is 5.51. The lowest BCUT2D eigenvalue weighted by molar-refractivity contribution is 0.0955. The number of hydrogen-bond acceptors (Lipinski definition) is 3. The number of halogens is 1. The van der Waals surface area contributed by atoms with E-state index >= 15 is 0 Å². The Balaban J connectivity index is 2.12. The molecule has 108 valence electrons. The first-order valence-corrected chi connectivity index (χ1v) is 7.17. The molecule has 2 N–H and O–H groups in total. The fourth-order valence-corrected chi connectivity index (χ4v) is 2.11. The molecule has 0 aliphatic heterocycles. The summed E-state index contributed by atoms with van der Waals surface area (Å²) in [4.78, 5) is 12.0. The molecule has 0 atom stereocenters. The highest BCUT2D eigenvalue weighted by molar-refractivity contribution is 9.10. The van der Waals surface area contributed by atoms with Gasteiger partial charge in [0.25, 0.3) is 5.91 Å². The maximum atomic E-state index is 12.0. The van der Waals surface area contributed by atoms with Crippen LogP contribution in [0, 0.1) is 6.92 Å². The molecule has 0 aromatic heterocycles. The van der Waals surface area contributed by atoms with E-state index in [1.54, 1.807) is 37.3 Å². The highest BCUT2D eigenvalue weighted by Gasteiger charge is 2.07. The van der Waals surface area contributed by atoms with Crippen molar-refractivity contribution >= 4 is 27.5 Å². The number of phenolic OH excluding ortho intramolecular Hbond substituents is 1. The molecule has 0 fully saturated rings. The Morgan fingerprint density at radius 1 is 1.19 bits per heavy atom. The second-order valence-electron chi connectivity index (χ2n) is 4.65. The molecule has 0 saturated carbocycles. The third-order valence-corrected chi connectivity index (χ3v) is 3.88. The first-order valence-electron chi connectivity index (χ1n) is 6.37. The van der Waals surface area contributed by atoms with Gasteiger partial charge in [-0.3, -0.25) is 4.79 Å². The number of nitrogens with one attached hydrogen (secondary N) is 1. The molecule has 21 heavy (non-hydrogen) atoms. The third-order valence-electron chi connectivity index (χ3n) is 3.02. The van der Waals surface area contributed by atoms with Crippen molar-refractivity contribution < 1.29 is 9.90 Å². The Kier molecular flexibility index (Phi) is 4.75. The van der Waals surface area contributed by atoms with E-state index in [9.17, 15) is 9.90 Å². The summed E-state index contributed by atoms with van der Waals surface area (Å²) >= 11 is 3.40. The summed E-state index contributed by atoms with van der Waals surface area (Å²) in [5, 5.41) is 13.5. The Bertz CT molecular complexity index is 711. The van der Waals surface area contributed by atoms with E-state index in [-0.39, 0.29) is 11.7 Å². The van der Waals surface area contributed by atoms with Crippen molar-refractivity contribution in [3.8, 4) is 5.75 Å². The van der Waals surface area contributed by atoms with Crippen LogP contribution in [0.1, 0.15) is 28.4 Å². The summed E-state index contributed by atoms with van der Waals surface area (Å²) in [5.41, 5.74) is 5.47. The number of hydrogen-bond donors (Lipinski definition) is 2. The molecule has 0 heterocycles. The molecule has 0 unspecified atom stereocenters. The zero-order valence-corrected chi connectivity index (χ0v) is 13.3. The number of phenols is 1. The topological polar surface area (TPSA) is 61.7 Å². The minimum Gasteiger partial charge on any atom is -0.508 e. The Morgan fingerprint density at radius 3 is 2.62 bits per heavy atom. The van der Waals surface area contributed by atoms with Crippen LogP contribution < -0.4 is 5.43 Å². The zero-order valence-electron chi connectivity index (χ0n) is 11.7. The second kappa shape index (κ2) is 6.54. The summed E-state index contributed by atoms with van der Waals surface area (Å²) in [6.45, 7) is 3.72. The van der Waals surface area contributed by atoms with Crippen molar-refractivity contribution in [2.75, 3.05) is 0 Å². The van der Waals surface area contributed by atoms with Crippen LogP contribution in [0.5, 0.6) is 5.75 Å². The van der Waals surface area contributed by atoms with Gasteiger partial charge < -0.3 is 5.11 Å². The van der Waals surface area contributed by atoms with Crippen molar-refractivity contribution in [3.05, 3.63) is 63.6 Å². The quantitative estimate of drug-likeness (QED) is 0.658. The molecule has 1 amide bonds. The van der Waals surface area contributed by atoms with Crippen LogP contribution in [0.2, 0.25) is 0 Å². The SMILES string of the molecule is C/C(=N/NC(=O)c1ccc(C)c(Br)c1)c1cccc(O)c1. The molecule has 0 bridgehead atoms. The van der Waals surface area contributed by atoms with Crippen LogP contribution in [0.15, 0.2) is 52.0 Å². The van der Waals surface area contributed by atoms with E-state index in [1.165, 1.54) is 0 Å². The Labute approximate surface area is 131 Å². The first-order chi connectivity index (χ1) is 9.97. The van der Waals surface area contributed by atoms with Gasteiger partial charge in [0.15, 0.2) is 0 Å². The van der Waals surface area contributed by atoms with Gasteiger partial charge in [-0.05, 0) is 43.7 Å². The number of rotatable bonds is 3. The number of aromatic hydroxyl groups is 1. The van der Waals surface area contributed by atoms with Crippen LogP contribution in [0.3, 0.4) is 0 Å². The van der Waals surface area contributed by atoms with E-state index in [0.717, 1.165) is 15.6 Å². The minimum absolute atomic E-state index is 0.163. The first kappa shape index (κ1) is 15.3. The monoisotopic (exact) mass is 346 g/mol. The molecule has 2 aromatic carbocycles. The van der Waals surface area contributed by atoms with Gasteiger partial charge in [0.1, 0.15) is 5.75 Å². The third kappa shape index (κ3) is 3.92. The predicted octanol–water partition coefficient (Wildman–Crippen LogP) is 3.62. The molecule has 0 aliphatic carbocycles. The lowest BCUT2D eigenvalue weighted by Gasteiger charge is -2.05. The van der Waals surface area contributed by atoms with Gasteiger partial charge >= 0.3 is 0 Å². The van der Waals surface area contributed by atoms with E-state index in [2.05, 4.69) is 26.5 Å². The maximum absolute atomic E-state index is 12.0. The number of carbonyl (C=O) groups excluding carboxylic acids is 1. The average Bonchev–Trinajstić information content (AvgIpc) is 2.47. The van der Waals surface area contributed by atoms with Crippen molar-refractivity contribution in [1.29, 1.82) is 0 Å². The van der Waals surface area contributed by atoms with Crippen molar-refractivity contribution in [3.63, 3.8) is 0 Å². The van der Waals surface area contributed by atoms with E-state index in [1.807, 2.05) is 19.1 Å². The minimum atomic E-state index is -0.282. The largest absolute Gasteiger partial charge is 0.508 e. The molecule has 2 aromatic rings. The number of nitrogens with zero attached hydrogens (tertiary/aromatic N) is 1. The summed E-state index contributed by atoms with van der Waals surface area (Å²) in [6, 6.07) is 12.1. The number of benzene rings is 2. The highest BCUT2D eigenvalue weighted by atomic mass is 79.9. The molecular weight excluding hydrogens is 332 g/mol. The summed E-state index contributed by atoms with van der Waals surface area (Å²) < 4.78 is 0.879. The van der Waals surface area contributed by atoms with Crippen molar-refractivity contribution in [1.82, 2.24) is 5.43 Å². The Morgan fingerprint density at radius 2 is 1.95 bits per heavy atom. The normalized spacial score (nSPS) is 11.3. The lowest BCUT2D eigenvalue weighted by atomic mass is 10.1. The van der Waals surface area contributed by atoms with Gasteiger partial charge in [-0.15, -0.1) is 0 Å². The van der Waals surface area contributed by atoms with E-state index in [4.69, 9.17) is 0 Å². The Hall–Kier alpha value is -2.14. The summed E-state index contributed by atoms with van der Waals surface area (Å²) in [7, 11) is 0. The fourth-order valence-electron chi connectivity index (χ4n) is 1.73. The van der Waals surface area contributed by atoms with Gasteiger partial charge in [-0.1, -0.05) is 34.1 Å². The van der Waals surface area contributed by atoms with Crippen LogP contribution in [-0.4, -0.2) is 16.7 Å². The summed E-state index contributed by atoms with van der Waals surface area (Å²) in [5.74, 6) is -0.119. The van der Waals surface area contributed by atoms with Crippen molar-refractivity contribution in [2.24, 2.45) is 5.10 Å². The fraction of sp³-hybridized carbons (Fsp3) is 0.125. The number of hydrazone groups is 1. The average molecular weight is 347 g/mol. The molecule has 0 radical (unpaired) electrons. The molecular formula is C16H15BrN2O2. The maximum Gasteiger partial charge on any atom is 0.271 e. The molecule has 2 rings (SSSR count). The number of amides is 1. The van der Waals surface area contributed by atoms with Crippen LogP contribution in [0.4, 0.5) is 0 Å². The predicted molar refractivity (Wildman–Crippen MR) is 86.7 cm³/mol. The van der Waals surface area contributed by atoms with Crippen LogP contribution >= 0.6 is 15.9 Å². The lowest BCUT2D eigenvalue weighted by Crippen LogP contribution is -2.19. The van der Waals surface area contributed by atoms with E-state index in [0.29, 0.717) is 11.3 Å². The van der Waals surface area contributed by atoms with Crippen LogP contribution in [0.25, 0.3) is 0 Å².